The highest BCUT2D eigenvalue weighted by atomic mass is 16.5. The molecule has 0 spiro atoms. The van der Waals surface area contributed by atoms with E-state index in [-0.39, 0.29) is 5.97 Å². The molecule has 1 saturated heterocycles. The summed E-state index contributed by atoms with van der Waals surface area (Å²) in [5, 5.41) is 7.14. The SMILES string of the molecule is COC(=O)CCc1cn[nH]c1C1CCOCC1. The van der Waals surface area contributed by atoms with Crippen molar-refractivity contribution in [2.45, 2.75) is 31.6 Å². The molecule has 5 heteroatoms. The Balaban J connectivity index is 1.98. The Morgan fingerprint density at radius 2 is 2.35 bits per heavy atom. The lowest BCUT2D eigenvalue weighted by Gasteiger charge is -2.21. The Bertz CT molecular complexity index is 370. The van der Waals surface area contributed by atoms with Crippen molar-refractivity contribution < 1.29 is 14.3 Å². The van der Waals surface area contributed by atoms with Gasteiger partial charge in [-0.3, -0.25) is 9.89 Å². The lowest BCUT2D eigenvalue weighted by Crippen LogP contribution is -2.15. The number of aromatic amines is 1. The van der Waals surface area contributed by atoms with Crippen LogP contribution < -0.4 is 0 Å². The number of esters is 1. The van der Waals surface area contributed by atoms with Gasteiger partial charge in [-0.1, -0.05) is 0 Å². The van der Waals surface area contributed by atoms with Crippen molar-refractivity contribution in [3.05, 3.63) is 17.5 Å². The Hall–Kier alpha value is -1.36. The first-order valence-corrected chi connectivity index (χ1v) is 5.98. The maximum absolute atomic E-state index is 11.1. The number of carbonyl (C=O) groups excluding carboxylic acids is 1. The minimum Gasteiger partial charge on any atom is -0.469 e. The molecule has 1 aliphatic heterocycles. The number of rotatable bonds is 4. The number of hydrogen-bond donors (Lipinski definition) is 1. The Kier molecular flexibility index (Phi) is 4.14. The maximum Gasteiger partial charge on any atom is 0.305 e. The summed E-state index contributed by atoms with van der Waals surface area (Å²) >= 11 is 0. The highest BCUT2D eigenvalue weighted by Crippen LogP contribution is 2.28. The molecule has 2 heterocycles. The van der Waals surface area contributed by atoms with Gasteiger partial charge in [0.2, 0.25) is 0 Å². The third-order valence-electron chi connectivity index (χ3n) is 3.21. The number of hydrogen-bond acceptors (Lipinski definition) is 4. The van der Waals surface area contributed by atoms with E-state index >= 15 is 0 Å². The summed E-state index contributed by atoms with van der Waals surface area (Å²) < 4.78 is 9.99. The zero-order valence-electron chi connectivity index (χ0n) is 10.1. The topological polar surface area (TPSA) is 64.2 Å². The molecule has 94 valence electrons. The van der Waals surface area contributed by atoms with E-state index in [4.69, 9.17) is 4.74 Å². The van der Waals surface area contributed by atoms with Gasteiger partial charge >= 0.3 is 5.97 Å². The first kappa shape index (κ1) is 12.1. The van der Waals surface area contributed by atoms with Crippen LogP contribution in [0.1, 0.15) is 36.4 Å². The minimum absolute atomic E-state index is 0.177. The molecule has 0 radical (unpaired) electrons. The van der Waals surface area contributed by atoms with Crippen LogP contribution in [0.2, 0.25) is 0 Å². The fourth-order valence-corrected chi connectivity index (χ4v) is 2.20. The van der Waals surface area contributed by atoms with Crippen LogP contribution in [0.5, 0.6) is 0 Å². The molecule has 1 aromatic rings. The third-order valence-corrected chi connectivity index (χ3v) is 3.21. The number of methoxy groups -OCH3 is 1. The summed E-state index contributed by atoms with van der Waals surface area (Å²) in [6.45, 7) is 1.61. The van der Waals surface area contributed by atoms with E-state index in [2.05, 4.69) is 14.9 Å². The summed E-state index contributed by atoms with van der Waals surface area (Å²) in [6.07, 6.45) is 4.96. The van der Waals surface area contributed by atoms with Crippen molar-refractivity contribution in [3.63, 3.8) is 0 Å². The first-order valence-electron chi connectivity index (χ1n) is 5.98. The molecule has 0 saturated carbocycles. The first-order chi connectivity index (χ1) is 8.31. The van der Waals surface area contributed by atoms with Crippen molar-refractivity contribution in [1.29, 1.82) is 0 Å². The van der Waals surface area contributed by atoms with Crippen LogP contribution in [0.4, 0.5) is 0 Å². The molecular formula is C12H18N2O3. The van der Waals surface area contributed by atoms with Crippen molar-refractivity contribution in [1.82, 2.24) is 10.2 Å². The standard InChI is InChI=1S/C12H18N2O3/c1-16-11(15)3-2-10-8-13-14-12(10)9-4-6-17-7-5-9/h8-9H,2-7H2,1H3,(H,13,14). The van der Waals surface area contributed by atoms with E-state index in [1.54, 1.807) is 0 Å². The van der Waals surface area contributed by atoms with Gasteiger partial charge in [0.1, 0.15) is 0 Å². The molecular weight excluding hydrogens is 220 g/mol. The fraction of sp³-hybridized carbons (Fsp3) is 0.667. The molecule has 0 aromatic carbocycles. The lowest BCUT2D eigenvalue weighted by atomic mass is 9.93. The molecule has 2 rings (SSSR count). The van der Waals surface area contributed by atoms with Gasteiger partial charge in [0, 0.05) is 31.2 Å². The molecule has 0 aliphatic carbocycles. The van der Waals surface area contributed by atoms with Crippen LogP contribution in [0.3, 0.4) is 0 Å². The van der Waals surface area contributed by atoms with Crippen LogP contribution in [-0.4, -0.2) is 36.5 Å². The van der Waals surface area contributed by atoms with Gasteiger partial charge in [-0.2, -0.15) is 5.10 Å². The van der Waals surface area contributed by atoms with Gasteiger partial charge in [-0.25, -0.2) is 0 Å². The number of nitrogens with one attached hydrogen (secondary N) is 1. The van der Waals surface area contributed by atoms with Gasteiger partial charge in [-0.05, 0) is 24.8 Å². The highest BCUT2D eigenvalue weighted by Gasteiger charge is 2.20. The van der Waals surface area contributed by atoms with Crippen molar-refractivity contribution in [2.24, 2.45) is 0 Å². The predicted molar refractivity (Wildman–Crippen MR) is 61.7 cm³/mol. The van der Waals surface area contributed by atoms with E-state index in [0.29, 0.717) is 18.8 Å². The number of ether oxygens (including phenoxy) is 2. The summed E-state index contributed by atoms with van der Waals surface area (Å²) in [5.74, 6) is 0.308. The number of H-pyrrole nitrogens is 1. The van der Waals surface area contributed by atoms with E-state index in [1.807, 2.05) is 6.20 Å². The molecule has 0 bridgehead atoms. The number of aromatic nitrogens is 2. The molecule has 0 amide bonds. The van der Waals surface area contributed by atoms with Crippen molar-refractivity contribution in [2.75, 3.05) is 20.3 Å². The normalized spacial score (nSPS) is 17.0. The van der Waals surface area contributed by atoms with E-state index < -0.39 is 0 Å². The van der Waals surface area contributed by atoms with E-state index in [9.17, 15) is 4.79 Å². The zero-order chi connectivity index (χ0) is 12.1. The molecule has 0 unspecified atom stereocenters. The molecule has 17 heavy (non-hydrogen) atoms. The van der Waals surface area contributed by atoms with Crippen molar-refractivity contribution in [3.8, 4) is 0 Å². The molecule has 1 aliphatic rings. The quantitative estimate of drug-likeness (QED) is 0.805. The summed E-state index contributed by atoms with van der Waals surface area (Å²) in [7, 11) is 1.41. The molecule has 5 nitrogen and oxygen atoms in total. The molecule has 1 N–H and O–H groups in total. The Morgan fingerprint density at radius 3 is 3.06 bits per heavy atom. The highest BCUT2D eigenvalue weighted by molar-refractivity contribution is 5.69. The van der Waals surface area contributed by atoms with Crippen LogP contribution in [0, 0.1) is 0 Å². The summed E-state index contributed by atoms with van der Waals surface area (Å²) in [4.78, 5) is 11.1. The predicted octanol–water partition coefficient (Wildman–Crippen LogP) is 1.41. The zero-order valence-corrected chi connectivity index (χ0v) is 10.1. The summed E-state index contributed by atoms with van der Waals surface area (Å²) in [6, 6.07) is 0. The largest absolute Gasteiger partial charge is 0.469 e. The molecule has 1 aromatic heterocycles. The second kappa shape index (κ2) is 5.82. The summed E-state index contributed by atoms with van der Waals surface area (Å²) in [5.41, 5.74) is 2.29. The van der Waals surface area contributed by atoms with Gasteiger partial charge in [-0.15, -0.1) is 0 Å². The number of nitrogens with zero attached hydrogens (tertiary/aromatic N) is 1. The van der Waals surface area contributed by atoms with Crippen LogP contribution >= 0.6 is 0 Å². The van der Waals surface area contributed by atoms with Gasteiger partial charge < -0.3 is 9.47 Å². The van der Waals surface area contributed by atoms with Gasteiger partial charge in [0.25, 0.3) is 0 Å². The van der Waals surface area contributed by atoms with Crippen LogP contribution in [0.15, 0.2) is 6.20 Å². The molecule has 1 fully saturated rings. The average Bonchev–Trinajstić information content (AvgIpc) is 2.85. The average molecular weight is 238 g/mol. The minimum atomic E-state index is -0.177. The van der Waals surface area contributed by atoms with E-state index in [0.717, 1.165) is 37.3 Å². The second-order valence-electron chi connectivity index (χ2n) is 4.27. The fourth-order valence-electron chi connectivity index (χ4n) is 2.20. The van der Waals surface area contributed by atoms with Gasteiger partial charge in [0.05, 0.1) is 13.3 Å². The number of carbonyl (C=O) groups is 1. The Labute approximate surface area is 100 Å². The lowest BCUT2D eigenvalue weighted by molar-refractivity contribution is -0.140. The maximum atomic E-state index is 11.1. The second-order valence-corrected chi connectivity index (χ2v) is 4.27. The Morgan fingerprint density at radius 1 is 1.59 bits per heavy atom. The molecule has 0 atom stereocenters. The van der Waals surface area contributed by atoms with Crippen LogP contribution in [0.25, 0.3) is 0 Å². The monoisotopic (exact) mass is 238 g/mol. The van der Waals surface area contributed by atoms with Crippen molar-refractivity contribution >= 4 is 5.97 Å². The third kappa shape index (κ3) is 3.06. The smallest absolute Gasteiger partial charge is 0.305 e. The van der Waals surface area contributed by atoms with E-state index in [1.165, 1.54) is 7.11 Å². The number of aryl methyl sites for hydroxylation is 1. The van der Waals surface area contributed by atoms with Gasteiger partial charge in [0.15, 0.2) is 0 Å². The van der Waals surface area contributed by atoms with Crippen LogP contribution in [-0.2, 0) is 20.7 Å².